The summed E-state index contributed by atoms with van der Waals surface area (Å²) in [6, 6.07) is 8.26. The number of hydrogen-bond donors (Lipinski definition) is 2. The molecule has 0 fully saturated rings. The number of rotatable bonds is 4. The number of hydrogen-bond acceptors (Lipinski definition) is 3. The first-order valence-corrected chi connectivity index (χ1v) is 7.76. The van der Waals surface area contributed by atoms with Crippen LogP contribution < -0.4 is 10.6 Å². The van der Waals surface area contributed by atoms with E-state index in [1.807, 2.05) is 32.3 Å². The number of nitrogens with zero attached hydrogens (tertiary/aromatic N) is 4. The zero-order valence-corrected chi connectivity index (χ0v) is 14.1. The maximum Gasteiger partial charge on any atom is 0.176 e. The molecule has 0 amide bonds. The summed E-state index contributed by atoms with van der Waals surface area (Å²) in [4.78, 5) is 0. The molecule has 3 rings (SSSR count). The fourth-order valence-electron chi connectivity index (χ4n) is 2.23. The van der Waals surface area contributed by atoms with Crippen LogP contribution >= 0.6 is 12.2 Å². The van der Waals surface area contributed by atoms with Gasteiger partial charge in [-0.1, -0.05) is 12.1 Å². The van der Waals surface area contributed by atoms with E-state index in [0.717, 1.165) is 16.9 Å². The molecule has 2 aromatic heterocycles. The molecule has 6 nitrogen and oxygen atoms in total. The first-order chi connectivity index (χ1) is 11.5. The lowest BCUT2D eigenvalue weighted by molar-refractivity contribution is 0.619. The van der Waals surface area contributed by atoms with Gasteiger partial charge < -0.3 is 10.6 Å². The van der Waals surface area contributed by atoms with Gasteiger partial charge in [-0.25, -0.2) is 4.39 Å². The average Bonchev–Trinajstić information content (AvgIpc) is 3.09. The second kappa shape index (κ2) is 6.79. The van der Waals surface area contributed by atoms with Gasteiger partial charge in [0.2, 0.25) is 0 Å². The van der Waals surface area contributed by atoms with E-state index in [4.69, 9.17) is 12.2 Å². The van der Waals surface area contributed by atoms with Crippen molar-refractivity contribution in [1.82, 2.24) is 19.6 Å². The molecule has 0 spiro atoms. The normalized spacial score (nSPS) is 10.6. The van der Waals surface area contributed by atoms with Crippen molar-refractivity contribution in [3.05, 3.63) is 59.8 Å². The number of aromatic nitrogens is 4. The molecular formula is C16H17FN6S. The van der Waals surface area contributed by atoms with Crippen molar-refractivity contribution in [2.45, 2.75) is 13.5 Å². The number of benzene rings is 1. The third kappa shape index (κ3) is 3.77. The molecular weight excluding hydrogens is 327 g/mol. The SMILES string of the molecule is Cc1c(NC(=S)Nc2ccn(Cc3cccc(F)c3)n2)cnn1C. The summed E-state index contributed by atoms with van der Waals surface area (Å²) in [6.45, 7) is 2.44. The average molecular weight is 344 g/mol. The van der Waals surface area contributed by atoms with Crippen LogP contribution in [-0.4, -0.2) is 24.7 Å². The minimum atomic E-state index is -0.254. The van der Waals surface area contributed by atoms with Crippen LogP contribution in [-0.2, 0) is 13.6 Å². The molecule has 0 aliphatic heterocycles. The molecule has 0 saturated carbocycles. The monoisotopic (exact) mass is 344 g/mol. The predicted molar refractivity (Wildman–Crippen MR) is 95.5 cm³/mol. The Morgan fingerprint density at radius 2 is 2.12 bits per heavy atom. The molecule has 8 heteroatoms. The van der Waals surface area contributed by atoms with Crippen molar-refractivity contribution in [2.75, 3.05) is 10.6 Å². The van der Waals surface area contributed by atoms with Crippen LogP contribution in [0.5, 0.6) is 0 Å². The van der Waals surface area contributed by atoms with Crippen LogP contribution in [0.2, 0.25) is 0 Å². The highest BCUT2D eigenvalue weighted by atomic mass is 32.1. The zero-order chi connectivity index (χ0) is 17.1. The molecule has 0 bridgehead atoms. The Morgan fingerprint density at radius 3 is 2.83 bits per heavy atom. The Bertz CT molecular complexity index is 869. The summed E-state index contributed by atoms with van der Waals surface area (Å²) in [5.74, 6) is 0.362. The van der Waals surface area contributed by atoms with Gasteiger partial charge in [-0.15, -0.1) is 0 Å². The van der Waals surface area contributed by atoms with E-state index >= 15 is 0 Å². The number of aryl methyl sites for hydroxylation is 1. The fourth-order valence-corrected chi connectivity index (χ4v) is 2.44. The Morgan fingerprint density at radius 1 is 1.29 bits per heavy atom. The predicted octanol–water partition coefficient (Wildman–Crippen LogP) is 2.92. The Hall–Kier alpha value is -2.74. The highest BCUT2D eigenvalue weighted by Crippen LogP contribution is 2.13. The number of anilines is 2. The van der Waals surface area contributed by atoms with Gasteiger partial charge in [0.15, 0.2) is 10.9 Å². The third-order valence-electron chi connectivity index (χ3n) is 3.60. The summed E-state index contributed by atoms with van der Waals surface area (Å²) in [5, 5.41) is 15.1. The van der Waals surface area contributed by atoms with Gasteiger partial charge in [0.05, 0.1) is 24.1 Å². The largest absolute Gasteiger partial charge is 0.330 e. The van der Waals surface area contributed by atoms with Crippen LogP contribution in [0.3, 0.4) is 0 Å². The maximum atomic E-state index is 13.2. The van der Waals surface area contributed by atoms with Gasteiger partial charge in [0.25, 0.3) is 0 Å². The second-order valence-electron chi connectivity index (χ2n) is 5.37. The fraction of sp³-hybridized carbons (Fsp3) is 0.188. The Balaban J connectivity index is 1.61. The topological polar surface area (TPSA) is 59.7 Å². The van der Waals surface area contributed by atoms with E-state index < -0.39 is 0 Å². The third-order valence-corrected chi connectivity index (χ3v) is 3.80. The first-order valence-electron chi connectivity index (χ1n) is 7.36. The lowest BCUT2D eigenvalue weighted by Gasteiger charge is -2.08. The molecule has 0 atom stereocenters. The summed E-state index contributed by atoms with van der Waals surface area (Å²) in [6.07, 6.45) is 3.52. The van der Waals surface area contributed by atoms with Crippen molar-refractivity contribution in [1.29, 1.82) is 0 Å². The van der Waals surface area contributed by atoms with Gasteiger partial charge >= 0.3 is 0 Å². The standard InChI is InChI=1S/C16H17FN6S/c1-11-14(9-18-22(11)2)19-16(24)20-15-6-7-23(21-15)10-12-4-3-5-13(17)8-12/h3-9H,10H2,1-2H3,(H2,19,20,21,24). The molecule has 0 saturated heterocycles. The summed E-state index contributed by atoms with van der Waals surface area (Å²) in [5.41, 5.74) is 2.67. The van der Waals surface area contributed by atoms with E-state index in [2.05, 4.69) is 20.8 Å². The number of thiocarbonyl (C=S) groups is 1. The van der Waals surface area contributed by atoms with Crippen molar-refractivity contribution >= 4 is 28.8 Å². The summed E-state index contributed by atoms with van der Waals surface area (Å²) in [7, 11) is 1.87. The highest BCUT2D eigenvalue weighted by Gasteiger charge is 2.07. The van der Waals surface area contributed by atoms with E-state index in [1.54, 1.807) is 21.6 Å². The van der Waals surface area contributed by atoms with Gasteiger partial charge in [-0.3, -0.25) is 9.36 Å². The summed E-state index contributed by atoms with van der Waals surface area (Å²) < 4.78 is 16.7. The summed E-state index contributed by atoms with van der Waals surface area (Å²) >= 11 is 5.28. The van der Waals surface area contributed by atoms with E-state index in [-0.39, 0.29) is 5.82 Å². The smallest absolute Gasteiger partial charge is 0.176 e. The molecule has 0 aliphatic rings. The molecule has 2 N–H and O–H groups in total. The molecule has 0 radical (unpaired) electrons. The molecule has 1 aromatic carbocycles. The zero-order valence-electron chi connectivity index (χ0n) is 13.3. The van der Waals surface area contributed by atoms with Crippen LogP contribution in [0, 0.1) is 12.7 Å². The van der Waals surface area contributed by atoms with E-state index in [1.165, 1.54) is 12.1 Å². The van der Waals surface area contributed by atoms with Gasteiger partial charge in [-0.05, 0) is 36.8 Å². The van der Waals surface area contributed by atoms with Gasteiger partial charge in [0.1, 0.15) is 5.82 Å². The quantitative estimate of drug-likeness (QED) is 0.713. The number of halogens is 1. The van der Waals surface area contributed by atoms with Crippen molar-refractivity contribution < 1.29 is 4.39 Å². The van der Waals surface area contributed by atoms with E-state index in [9.17, 15) is 4.39 Å². The molecule has 24 heavy (non-hydrogen) atoms. The van der Waals surface area contributed by atoms with Crippen LogP contribution in [0.1, 0.15) is 11.3 Å². The van der Waals surface area contributed by atoms with Gasteiger partial charge in [0, 0.05) is 19.3 Å². The number of nitrogens with one attached hydrogen (secondary N) is 2. The molecule has 0 aliphatic carbocycles. The Labute approximate surface area is 144 Å². The molecule has 3 aromatic rings. The minimum absolute atomic E-state index is 0.254. The van der Waals surface area contributed by atoms with Crippen molar-refractivity contribution in [3.8, 4) is 0 Å². The minimum Gasteiger partial charge on any atom is -0.330 e. The molecule has 2 heterocycles. The molecule has 0 unspecified atom stereocenters. The van der Waals surface area contributed by atoms with Gasteiger partial charge in [-0.2, -0.15) is 10.2 Å². The highest BCUT2D eigenvalue weighted by molar-refractivity contribution is 7.80. The van der Waals surface area contributed by atoms with Crippen molar-refractivity contribution in [2.24, 2.45) is 7.05 Å². The Kier molecular flexibility index (Phi) is 4.57. The van der Waals surface area contributed by atoms with E-state index in [0.29, 0.717) is 17.5 Å². The van der Waals surface area contributed by atoms with Crippen LogP contribution in [0.25, 0.3) is 0 Å². The maximum absolute atomic E-state index is 13.2. The first kappa shape index (κ1) is 16.1. The lowest BCUT2D eigenvalue weighted by Crippen LogP contribution is -2.20. The molecule has 124 valence electrons. The lowest BCUT2D eigenvalue weighted by atomic mass is 10.2. The van der Waals surface area contributed by atoms with Crippen LogP contribution in [0.15, 0.2) is 42.7 Å². The second-order valence-corrected chi connectivity index (χ2v) is 5.78. The van der Waals surface area contributed by atoms with Crippen LogP contribution in [0.4, 0.5) is 15.9 Å². The van der Waals surface area contributed by atoms with Crippen molar-refractivity contribution in [3.63, 3.8) is 0 Å².